The van der Waals surface area contributed by atoms with Crippen LogP contribution >= 0.6 is 0 Å². The average molecular weight is 367 g/mol. The van der Waals surface area contributed by atoms with Gasteiger partial charge in [0, 0.05) is 11.7 Å². The van der Waals surface area contributed by atoms with E-state index in [0.717, 1.165) is 22.4 Å². The largest absolute Gasteiger partial charge is 0.353 e. The minimum Gasteiger partial charge on any atom is -0.353 e. The normalized spacial score (nSPS) is 12.1. The molecule has 0 spiro atoms. The van der Waals surface area contributed by atoms with Crippen molar-refractivity contribution in [3.05, 3.63) is 65.2 Å². The molecule has 2 amide bonds. The first kappa shape index (κ1) is 20.6. The van der Waals surface area contributed by atoms with E-state index in [1.165, 1.54) is 0 Å². The van der Waals surface area contributed by atoms with Crippen LogP contribution in [0.4, 0.5) is 5.69 Å². The lowest BCUT2D eigenvalue weighted by molar-refractivity contribution is -0.125. The highest BCUT2D eigenvalue weighted by molar-refractivity contribution is 5.96. The SMILES string of the molecule is Cc1ccc(C)c(NC(=O)[C@H](c2ccccc2)N(C)CC(=O)NC(C)C)c1. The van der Waals surface area contributed by atoms with Gasteiger partial charge in [-0.25, -0.2) is 0 Å². The smallest absolute Gasteiger partial charge is 0.246 e. The van der Waals surface area contributed by atoms with E-state index in [2.05, 4.69) is 10.6 Å². The Bertz CT molecular complexity index is 787. The summed E-state index contributed by atoms with van der Waals surface area (Å²) in [5.41, 5.74) is 3.72. The number of amides is 2. The van der Waals surface area contributed by atoms with Gasteiger partial charge in [-0.05, 0) is 57.5 Å². The molecule has 1 atom stereocenters. The third-order valence-corrected chi connectivity index (χ3v) is 4.30. The van der Waals surface area contributed by atoms with Crippen LogP contribution in [-0.4, -0.2) is 36.3 Å². The van der Waals surface area contributed by atoms with Crippen LogP contribution in [0, 0.1) is 13.8 Å². The zero-order valence-electron chi connectivity index (χ0n) is 16.7. The van der Waals surface area contributed by atoms with Gasteiger partial charge in [-0.15, -0.1) is 0 Å². The van der Waals surface area contributed by atoms with Crippen LogP contribution in [0.5, 0.6) is 0 Å². The van der Waals surface area contributed by atoms with Crippen LogP contribution in [0.25, 0.3) is 0 Å². The van der Waals surface area contributed by atoms with Gasteiger partial charge in [-0.2, -0.15) is 0 Å². The number of nitrogens with one attached hydrogen (secondary N) is 2. The van der Waals surface area contributed by atoms with Crippen molar-refractivity contribution in [3.63, 3.8) is 0 Å². The van der Waals surface area contributed by atoms with Gasteiger partial charge in [0.05, 0.1) is 6.54 Å². The second-order valence-corrected chi connectivity index (χ2v) is 7.26. The summed E-state index contributed by atoms with van der Waals surface area (Å²) >= 11 is 0. The van der Waals surface area contributed by atoms with E-state index in [1.807, 2.05) is 76.2 Å². The Labute approximate surface area is 161 Å². The molecule has 5 nitrogen and oxygen atoms in total. The van der Waals surface area contributed by atoms with Crippen LogP contribution in [0.15, 0.2) is 48.5 Å². The molecule has 0 unspecified atom stereocenters. The molecule has 0 aliphatic rings. The molecule has 0 fully saturated rings. The third kappa shape index (κ3) is 5.93. The third-order valence-electron chi connectivity index (χ3n) is 4.30. The Kier molecular flexibility index (Phi) is 7.13. The molecule has 5 heteroatoms. The molecule has 2 rings (SSSR count). The fourth-order valence-electron chi connectivity index (χ4n) is 3.00. The molecule has 2 N–H and O–H groups in total. The first-order valence-electron chi connectivity index (χ1n) is 9.20. The van der Waals surface area contributed by atoms with Crippen molar-refractivity contribution in [2.24, 2.45) is 0 Å². The molecule has 0 aliphatic carbocycles. The number of benzene rings is 2. The fraction of sp³-hybridized carbons (Fsp3) is 0.364. The van der Waals surface area contributed by atoms with Crippen molar-refractivity contribution in [1.29, 1.82) is 0 Å². The van der Waals surface area contributed by atoms with E-state index >= 15 is 0 Å². The second kappa shape index (κ2) is 9.33. The average Bonchev–Trinajstić information content (AvgIpc) is 2.58. The van der Waals surface area contributed by atoms with Crippen LogP contribution in [0.1, 0.15) is 36.6 Å². The lowest BCUT2D eigenvalue weighted by atomic mass is 10.0. The van der Waals surface area contributed by atoms with Gasteiger partial charge >= 0.3 is 0 Å². The molecule has 0 saturated carbocycles. The number of anilines is 1. The molecule has 0 aliphatic heterocycles. The number of hydrogen-bond acceptors (Lipinski definition) is 3. The topological polar surface area (TPSA) is 61.4 Å². The minimum absolute atomic E-state index is 0.0600. The first-order valence-corrected chi connectivity index (χ1v) is 9.20. The molecule has 27 heavy (non-hydrogen) atoms. The molecule has 2 aromatic rings. The van der Waals surface area contributed by atoms with Crippen molar-refractivity contribution in [1.82, 2.24) is 10.2 Å². The van der Waals surface area contributed by atoms with Gasteiger partial charge in [0.25, 0.3) is 0 Å². The van der Waals surface area contributed by atoms with E-state index < -0.39 is 6.04 Å². The molecule has 0 bridgehead atoms. The standard InChI is InChI=1S/C22H29N3O2/c1-15(2)23-20(26)14-25(5)21(18-9-7-6-8-10-18)22(27)24-19-13-16(3)11-12-17(19)4/h6-13,15,21H,14H2,1-5H3,(H,23,26)(H,24,27)/t21-/m0/s1. The molecular formula is C22H29N3O2. The molecule has 0 heterocycles. The predicted octanol–water partition coefficient (Wildman–Crippen LogP) is 3.44. The quantitative estimate of drug-likeness (QED) is 0.788. The summed E-state index contributed by atoms with van der Waals surface area (Å²) in [6.45, 7) is 7.93. The molecule has 0 saturated heterocycles. The highest BCUT2D eigenvalue weighted by Gasteiger charge is 2.27. The van der Waals surface area contributed by atoms with Crippen LogP contribution < -0.4 is 10.6 Å². The Morgan fingerprint density at radius 3 is 2.33 bits per heavy atom. The highest BCUT2D eigenvalue weighted by atomic mass is 16.2. The number of aryl methyl sites for hydroxylation is 2. The maximum Gasteiger partial charge on any atom is 0.246 e. The number of carbonyl (C=O) groups is 2. The zero-order chi connectivity index (χ0) is 20.0. The van der Waals surface area contributed by atoms with Gasteiger partial charge in [-0.3, -0.25) is 14.5 Å². The van der Waals surface area contributed by atoms with Gasteiger partial charge in [0.2, 0.25) is 11.8 Å². The van der Waals surface area contributed by atoms with Crippen molar-refractivity contribution >= 4 is 17.5 Å². The van der Waals surface area contributed by atoms with E-state index in [9.17, 15) is 9.59 Å². The first-order chi connectivity index (χ1) is 12.8. The monoisotopic (exact) mass is 367 g/mol. The second-order valence-electron chi connectivity index (χ2n) is 7.26. The van der Waals surface area contributed by atoms with Crippen LogP contribution in [0.3, 0.4) is 0 Å². The number of nitrogens with zero attached hydrogens (tertiary/aromatic N) is 1. The number of likely N-dealkylation sites (N-methyl/N-ethyl adjacent to an activating group) is 1. The zero-order valence-corrected chi connectivity index (χ0v) is 16.7. The summed E-state index contributed by atoms with van der Waals surface area (Å²) in [4.78, 5) is 27.1. The van der Waals surface area contributed by atoms with Gasteiger partial charge in [-0.1, -0.05) is 42.5 Å². The van der Waals surface area contributed by atoms with Crippen LogP contribution in [-0.2, 0) is 9.59 Å². The summed E-state index contributed by atoms with van der Waals surface area (Å²) in [6.07, 6.45) is 0. The summed E-state index contributed by atoms with van der Waals surface area (Å²) in [5, 5.41) is 5.91. The molecule has 2 aromatic carbocycles. The highest BCUT2D eigenvalue weighted by Crippen LogP contribution is 2.23. The maximum absolute atomic E-state index is 13.1. The number of rotatable bonds is 7. The van der Waals surface area contributed by atoms with Crippen molar-refractivity contribution in [2.45, 2.75) is 39.8 Å². The van der Waals surface area contributed by atoms with E-state index in [0.29, 0.717) is 0 Å². The van der Waals surface area contributed by atoms with Gasteiger partial charge < -0.3 is 10.6 Å². The van der Waals surface area contributed by atoms with Crippen LogP contribution in [0.2, 0.25) is 0 Å². The summed E-state index contributed by atoms with van der Waals surface area (Å²) in [7, 11) is 1.79. The maximum atomic E-state index is 13.1. The fourth-order valence-corrected chi connectivity index (χ4v) is 3.00. The Hall–Kier alpha value is -2.66. The Morgan fingerprint density at radius 2 is 1.70 bits per heavy atom. The number of carbonyl (C=O) groups excluding carboxylic acids is 2. The number of hydrogen-bond donors (Lipinski definition) is 2. The molecule has 144 valence electrons. The lowest BCUT2D eigenvalue weighted by Crippen LogP contribution is -2.43. The van der Waals surface area contributed by atoms with E-state index in [-0.39, 0.29) is 24.4 Å². The summed E-state index contributed by atoms with van der Waals surface area (Å²) in [5.74, 6) is -0.261. The molecule has 0 aromatic heterocycles. The van der Waals surface area contributed by atoms with Gasteiger partial charge in [0.1, 0.15) is 6.04 Å². The van der Waals surface area contributed by atoms with Crippen molar-refractivity contribution < 1.29 is 9.59 Å². The van der Waals surface area contributed by atoms with Crippen molar-refractivity contribution in [2.75, 3.05) is 18.9 Å². The molecular weight excluding hydrogens is 338 g/mol. The Morgan fingerprint density at radius 1 is 1.04 bits per heavy atom. The minimum atomic E-state index is -0.566. The van der Waals surface area contributed by atoms with E-state index in [1.54, 1.807) is 11.9 Å². The summed E-state index contributed by atoms with van der Waals surface area (Å²) < 4.78 is 0. The van der Waals surface area contributed by atoms with Gasteiger partial charge in [0.15, 0.2) is 0 Å². The molecule has 0 radical (unpaired) electrons. The summed E-state index contributed by atoms with van der Waals surface area (Å²) in [6, 6.07) is 15.0. The lowest BCUT2D eigenvalue weighted by Gasteiger charge is -2.27. The predicted molar refractivity (Wildman–Crippen MR) is 110 cm³/mol. The van der Waals surface area contributed by atoms with Crippen molar-refractivity contribution in [3.8, 4) is 0 Å². The Balaban J connectivity index is 2.25. The van der Waals surface area contributed by atoms with E-state index in [4.69, 9.17) is 0 Å².